The lowest BCUT2D eigenvalue weighted by atomic mass is 10.0. The van der Waals surface area contributed by atoms with E-state index in [1.165, 1.54) is 12.1 Å². The molecule has 5 rings (SSSR count). The summed E-state index contributed by atoms with van der Waals surface area (Å²) in [5.41, 5.74) is 3.51. The maximum Gasteiger partial charge on any atom is 0.271 e. The van der Waals surface area contributed by atoms with Crippen molar-refractivity contribution in [3.8, 4) is 11.3 Å². The number of rotatable bonds is 4. The molecular formula is C23H19ClN6O4. The second-order valence-electron chi connectivity index (χ2n) is 7.86. The molecule has 0 radical (unpaired) electrons. The molecule has 1 aliphatic heterocycles. The van der Waals surface area contributed by atoms with Gasteiger partial charge in [0.15, 0.2) is 0 Å². The fraction of sp³-hybridized carbons (Fsp3) is 0.217. The number of nitro groups is 1. The minimum Gasteiger partial charge on any atom is -0.367 e. The van der Waals surface area contributed by atoms with Crippen LogP contribution in [0.3, 0.4) is 0 Å². The molecule has 0 bridgehead atoms. The SMILES string of the molecule is Cc1onc(-c2cccc3nccnc23)c1C(=O)N1CCN(c2ccc([N+](=O)[O-])cc2Cl)CC1. The van der Waals surface area contributed by atoms with E-state index in [0.717, 1.165) is 0 Å². The van der Waals surface area contributed by atoms with Gasteiger partial charge >= 0.3 is 0 Å². The summed E-state index contributed by atoms with van der Waals surface area (Å²) >= 11 is 6.29. The predicted molar refractivity (Wildman–Crippen MR) is 126 cm³/mol. The molecule has 34 heavy (non-hydrogen) atoms. The normalized spacial score (nSPS) is 13.9. The van der Waals surface area contributed by atoms with Gasteiger partial charge in [-0.1, -0.05) is 28.9 Å². The number of piperazine rings is 1. The fourth-order valence-corrected chi connectivity index (χ4v) is 4.46. The van der Waals surface area contributed by atoms with Gasteiger partial charge in [0.1, 0.15) is 17.0 Å². The molecule has 0 N–H and O–H groups in total. The topological polar surface area (TPSA) is 118 Å². The molecule has 3 heterocycles. The van der Waals surface area contributed by atoms with Crippen LogP contribution in [0.25, 0.3) is 22.3 Å². The third-order valence-corrected chi connectivity index (χ3v) is 6.18. The molecule has 4 aromatic rings. The summed E-state index contributed by atoms with van der Waals surface area (Å²) in [6.45, 7) is 3.68. The van der Waals surface area contributed by atoms with E-state index in [1.807, 2.05) is 23.1 Å². The number of aromatic nitrogens is 3. The number of nitrogens with zero attached hydrogens (tertiary/aromatic N) is 6. The van der Waals surface area contributed by atoms with Crippen molar-refractivity contribution in [2.75, 3.05) is 31.1 Å². The Bertz CT molecular complexity index is 1410. The van der Waals surface area contributed by atoms with Crippen LogP contribution in [0.1, 0.15) is 16.1 Å². The number of benzene rings is 2. The number of anilines is 1. The van der Waals surface area contributed by atoms with E-state index >= 15 is 0 Å². The van der Waals surface area contributed by atoms with Crippen molar-refractivity contribution < 1.29 is 14.2 Å². The Hall–Kier alpha value is -4.05. The van der Waals surface area contributed by atoms with Crippen molar-refractivity contribution in [1.82, 2.24) is 20.0 Å². The van der Waals surface area contributed by atoms with Crippen LogP contribution < -0.4 is 4.90 Å². The monoisotopic (exact) mass is 478 g/mol. The van der Waals surface area contributed by atoms with Crippen molar-refractivity contribution in [1.29, 1.82) is 0 Å². The van der Waals surface area contributed by atoms with E-state index in [9.17, 15) is 14.9 Å². The number of fused-ring (bicyclic) bond motifs is 1. The smallest absolute Gasteiger partial charge is 0.271 e. The minimum atomic E-state index is -0.480. The lowest BCUT2D eigenvalue weighted by molar-refractivity contribution is -0.384. The van der Waals surface area contributed by atoms with Crippen LogP contribution in [0.2, 0.25) is 5.02 Å². The summed E-state index contributed by atoms with van der Waals surface area (Å²) in [7, 11) is 0. The van der Waals surface area contributed by atoms with E-state index in [2.05, 4.69) is 15.1 Å². The van der Waals surface area contributed by atoms with Crippen molar-refractivity contribution in [2.24, 2.45) is 0 Å². The second-order valence-corrected chi connectivity index (χ2v) is 8.27. The average Bonchev–Trinajstić information content (AvgIpc) is 3.24. The fourth-order valence-electron chi connectivity index (χ4n) is 4.17. The van der Waals surface area contributed by atoms with Gasteiger partial charge in [0.25, 0.3) is 11.6 Å². The number of aryl methyl sites for hydroxylation is 1. The maximum atomic E-state index is 13.5. The van der Waals surface area contributed by atoms with Crippen molar-refractivity contribution in [3.63, 3.8) is 0 Å². The zero-order valence-electron chi connectivity index (χ0n) is 18.1. The molecule has 1 fully saturated rings. The van der Waals surface area contributed by atoms with Gasteiger partial charge in [-0.05, 0) is 19.1 Å². The predicted octanol–water partition coefficient (Wildman–Crippen LogP) is 4.12. The number of para-hydroxylation sites is 1. The van der Waals surface area contributed by atoms with Crippen LogP contribution in [-0.2, 0) is 0 Å². The first-order valence-electron chi connectivity index (χ1n) is 10.6. The molecule has 2 aromatic heterocycles. The van der Waals surface area contributed by atoms with Gasteiger partial charge in [-0.3, -0.25) is 24.9 Å². The molecule has 0 saturated carbocycles. The Morgan fingerprint density at radius 2 is 1.88 bits per heavy atom. The highest BCUT2D eigenvalue weighted by Gasteiger charge is 2.30. The number of hydrogen-bond donors (Lipinski definition) is 0. The summed E-state index contributed by atoms with van der Waals surface area (Å²) in [4.78, 5) is 36.5. The molecule has 172 valence electrons. The zero-order valence-corrected chi connectivity index (χ0v) is 18.9. The van der Waals surface area contributed by atoms with Crippen molar-refractivity contribution in [2.45, 2.75) is 6.92 Å². The molecule has 1 saturated heterocycles. The van der Waals surface area contributed by atoms with Crippen LogP contribution >= 0.6 is 11.6 Å². The summed E-state index contributed by atoms with van der Waals surface area (Å²) in [5.74, 6) is 0.255. The van der Waals surface area contributed by atoms with Gasteiger partial charge in [0.2, 0.25) is 0 Å². The highest BCUT2D eigenvalue weighted by Crippen LogP contribution is 2.33. The third kappa shape index (κ3) is 3.81. The van der Waals surface area contributed by atoms with E-state index in [4.69, 9.17) is 16.1 Å². The van der Waals surface area contributed by atoms with Crippen LogP contribution in [0.5, 0.6) is 0 Å². The van der Waals surface area contributed by atoms with Crippen molar-refractivity contribution >= 4 is 39.9 Å². The summed E-state index contributed by atoms with van der Waals surface area (Å²) in [5, 5.41) is 15.5. The van der Waals surface area contributed by atoms with Crippen molar-refractivity contribution in [3.05, 3.63) is 75.3 Å². The Morgan fingerprint density at radius 1 is 1.12 bits per heavy atom. The van der Waals surface area contributed by atoms with Gasteiger partial charge in [0.05, 0.1) is 26.7 Å². The van der Waals surface area contributed by atoms with Gasteiger partial charge in [0, 0.05) is 56.3 Å². The Kier molecular flexibility index (Phi) is 5.58. The highest BCUT2D eigenvalue weighted by atomic mass is 35.5. The molecule has 11 heteroatoms. The van der Waals surface area contributed by atoms with Crippen LogP contribution in [0, 0.1) is 17.0 Å². The standard InChI is InChI=1S/C23H19ClN6O4/c1-14-20(22(27-34-14)16-3-2-4-18-21(16)26-8-7-25-18)23(31)29-11-9-28(10-12-29)19-6-5-15(30(32)33)13-17(19)24/h2-8,13H,9-12H2,1H3. The first-order chi connectivity index (χ1) is 16.4. The van der Waals surface area contributed by atoms with Gasteiger partial charge in [-0.15, -0.1) is 0 Å². The first-order valence-corrected chi connectivity index (χ1v) is 11.0. The van der Waals surface area contributed by atoms with Crippen LogP contribution in [-0.4, -0.2) is 57.0 Å². The van der Waals surface area contributed by atoms with Gasteiger partial charge in [-0.25, -0.2) is 0 Å². The molecule has 2 aromatic carbocycles. The highest BCUT2D eigenvalue weighted by molar-refractivity contribution is 6.33. The minimum absolute atomic E-state index is 0.0591. The molecule has 1 amide bonds. The number of non-ortho nitro benzene ring substituents is 1. The quantitative estimate of drug-likeness (QED) is 0.317. The van der Waals surface area contributed by atoms with Crippen LogP contribution in [0.15, 0.2) is 53.3 Å². The number of amides is 1. The van der Waals surface area contributed by atoms with Crippen LogP contribution in [0.4, 0.5) is 11.4 Å². The zero-order chi connectivity index (χ0) is 23.8. The van der Waals surface area contributed by atoms with E-state index in [-0.39, 0.29) is 11.6 Å². The lowest BCUT2D eigenvalue weighted by Gasteiger charge is -2.36. The molecule has 10 nitrogen and oxygen atoms in total. The second kappa shape index (κ2) is 8.71. The van der Waals surface area contributed by atoms with Gasteiger partial charge < -0.3 is 14.3 Å². The largest absolute Gasteiger partial charge is 0.367 e. The van der Waals surface area contributed by atoms with E-state index in [0.29, 0.717) is 70.5 Å². The summed E-state index contributed by atoms with van der Waals surface area (Å²) in [6, 6.07) is 9.95. The lowest BCUT2D eigenvalue weighted by Crippen LogP contribution is -2.49. The summed E-state index contributed by atoms with van der Waals surface area (Å²) in [6.07, 6.45) is 3.21. The first kappa shape index (κ1) is 21.8. The molecule has 0 atom stereocenters. The molecular weight excluding hydrogens is 460 g/mol. The van der Waals surface area contributed by atoms with E-state index in [1.54, 1.807) is 30.3 Å². The Labute approximate surface area is 198 Å². The third-order valence-electron chi connectivity index (χ3n) is 5.88. The number of hydrogen-bond acceptors (Lipinski definition) is 8. The molecule has 0 aliphatic carbocycles. The number of carbonyl (C=O) groups is 1. The number of halogens is 1. The number of nitro benzene ring substituents is 1. The maximum absolute atomic E-state index is 13.5. The molecule has 0 spiro atoms. The average molecular weight is 479 g/mol. The molecule has 1 aliphatic rings. The Balaban J connectivity index is 1.38. The van der Waals surface area contributed by atoms with Gasteiger partial charge in [-0.2, -0.15) is 0 Å². The summed E-state index contributed by atoms with van der Waals surface area (Å²) < 4.78 is 5.42. The Morgan fingerprint density at radius 3 is 2.62 bits per heavy atom. The van der Waals surface area contributed by atoms with E-state index < -0.39 is 4.92 Å². The number of carbonyl (C=O) groups excluding carboxylic acids is 1. The molecule has 0 unspecified atom stereocenters.